The molecule has 0 spiro atoms. The van der Waals surface area contributed by atoms with E-state index in [0.29, 0.717) is 6.04 Å². The average molecular weight is 235 g/mol. The van der Waals surface area contributed by atoms with E-state index in [1.165, 1.54) is 12.7 Å². The minimum atomic E-state index is -1.00. The normalized spacial score (nSPS) is 20.3. The van der Waals surface area contributed by atoms with Crippen molar-refractivity contribution in [3.63, 3.8) is 0 Å². The van der Waals surface area contributed by atoms with Crippen molar-refractivity contribution in [1.82, 2.24) is 9.97 Å². The van der Waals surface area contributed by atoms with Crippen LogP contribution in [-0.2, 0) is 0 Å². The molecule has 1 aromatic heterocycles. The molecule has 0 radical (unpaired) electrons. The first-order valence-electron chi connectivity index (χ1n) is 6.04. The summed E-state index contributed by atoms with van der Waals surface area (Å²) in [4.78, 5) is 21.0. The van der Waals surface area contributed by atoms with Crippen LogP contribution in [0.3, 0.4) is 0 Å². The summed E-state index contributed by atoms with van der Waals surface area (Å²) in [6.07, 6.45) is 5.93. The number of aromatic carboxylic acids is 1. The van der Waals surface area contributed by atoms with E-state index in [-0.39, 0.29) is 5.69 Å². The molecule has 5 nitrogen and oxygen atoms in total. The van der Waals surface area contributed by atoms with Crippen LogP contribution in [0.2, 0.25) is 0 Å². The second-order valence-corrected chi connectivity index (χ2v) is 4.32. The lowest BCUT2D eigenvalue weighted by atomic mass is 10.00. The highest BCUT2D eigenvalue weighted by Crippen LogP contribution is 2.24. The number of anilines is 1. The van der Waals surface area contributed by atoms with Crippen LogP contribution in [-0.4, -0.2) is 33.6 Å². The highest BCUT2D eigenvalue weighted by Gasteiger charge is 2.22. The third-order valence-corrected chi connectivity index (χ3v) is 3.26. The number of piperidine rings is 1. The molecule has 2 rings (SSSR count). The van der Waals surface area contributed by atoms with Gasteiger partial charge in [-0.25, -0.2) is 14.8 Å². The first-order valence-corrected chi connectivity index (χ1v) is 6.04. The molecule has 2 heterocycles. The number of hydrogen-bond donors (Lipinski definition) is 1. The van der Waals surface area contributed by atoms with Crippen LogP contribution in [0.25, 0.3) is 0 Å². The number of nitrogens with zero attached hydrogens (tertiary/aromatic N) is 3. The number of aromatic nitrogens is 2. The van der Waals surface area contributed by atoms with Crippen LogP contribution in [0.4, 0.5) is 5.82 Å². The maximum atomic E-state index is 10.9. The summed E-state index contributed by atoms with van der Waals surface area (Å²) in [5, 5.41) is 8.92. The van der Waals surface area contributed by atoms with Gasteiger partial charge in [0.05, 0.1) is 0 Å². The predicted octanol–water partition coefficient (Wildman–Crippen LogP) is 1.94. The van der Waals surface area contributed by atoms with Gasteiger partial charge in [-0.3, -0.25) is 0 Å². The Morgan fingerprint density at radius 1 is 1.53 bits per heavy atom. The van der Waals surface area contributed by atoms with Crippen LogP contribution >= 0.6 is 0 Å². The zero-order chi connectivity index (χ0) is 12.3. The number of carbonyl (C=O) groups is 1. The molecule has 17 heavy (non-hydrogen) atoms. The molecule has 1 aliphatic rings. The van der Waals surface area contributed by atoms with Crippen molar-refractivity contribution in [2.24, 2.45) is 0 Å². The molecule has 5 heteroatoms. The maximum Gasteiger partial charge on any atom is 0.354 e. The van der Waals surface area contributed by atoms with E-state index in [9.17, 15) is 4.79 Å². The summed E-state index contributed by atoms with van der Waals surface area (Å²) in [5.74, 6) is -0.261. The molecule has 0 amide bonds. The summed E-state index contributed by atoms with van der Waals surface area (Å²) in [6, 6.07) is 2.04. The average Bonchev–Trinajstić information content (AvgIpc) is 2.39. The molecule has 0 unspecified atom stereocenters. The van der Waals surface area contributed by atoms with Crippen molar-refractivity contribution in [3.8, 4) is 0 Å². The molecule has 0 saturated carbocycles. The van der Waals surface area contributed by atoms with Crippen molar-refractivity contribution in [2.75, 3.05) is 11.4 Å². The minimum absolute atomic E-state index is 0.0652. The fraction of sp³-hybridized carbons (Fsp3) is 0.583. The fourth-order valence-corrected chi connectivity index (χ4v) is 2.35. The quantitative estimate of drug-likeness (QED) is 0.867. The Kier molecular flexibility index (Phi) is 3.56. The van der Waals surface area contributed by atoms with Gasteiger partial charge in [0, 0.05) is 18.7 Å². The fourth-order valence-electron chi connectivity index (χ4n) is 2.35. The van der Waals surface area contributed by atoms with Gasteiger partial charge >= 0.3 is 5.97 Å². The van der Waals surface area contributed by atoms with E-state index < -0.39 is 5.97 Å². The molecule has 1 aromatic rings. The Labute approximate surface area is 100 Å². The van der Waals surface area contributed by atoms with E-state index in [1.54, 1.807) is 6.07 Å². The second-order valence-electron chi connectivity index (χ2n) is 4.32. The molecule has 1 aliphatic heterocycles. The lowest BCUT2D eigenvalue weighted by molar-refractivity contribution is 0.0690. The molecule has 1 saturated heterocycles. The molecule has 0 aliphatic carbocycles. The lowest BCUT2D eigenvalue weighted by Crippen LogP contribution is -2.39. The largest absolute Gasteiger partial charge is 0.477 e. The van der Waals surface area contributed by atoms with Crippen LogP contribution in [0.5, 0.6) is 0 Å². The third-order valence-electron chi connectivity index (χ3n) is 3.26. The van der Waals surface area contributed by atoms with Gasteiger partial charge in [0.25, 0.3) is 0 Å². The Morgan fingerprint density at radius 3 is 3.06 bits per heavy atom. The summed E-state index contributed by atoms with van der Waals surface area (Å²) >= 11 is 0. The second kappa shape index (κ2) is 5.12. The van der Waals surface area contributed by atoms with Gasteiger partial charge in [0.2, 0.25) is 0 Å². The SMILES string of the molecule is CC[C@H]1CCCCN1c1cc(C(=O)O)ncn1. The van der Waals surface area contributed by atoms with Crippen LogP contribution in [0.15, 0.2) is 12.4 Å². The zero-order valence-electron chi connectivity index (χ0n) is 9.96. The Bertz CT molecular complexity index is 408. The van der Waals surface area contributed by atoms with Gasteiger partial charge in [-0.15, -0.1) is 0 Å². The first-order chi connectivity index (χ1) is 8.22. The minimum Gasteiger partial charge on any atom is -0.477 e. The molecule has 1 atom stereocenters. The Balaban J connectivity index is 2.25. The molecular weight excluding hydrogens is 218 g/mol. The topological polar surface area (TPSA) is 66.3 Å². The van der Waals surface area contributed by atoms with Crippen molar-refractivity contribution in [1.29, 1.82) is 0 Å². The van der Waals surface area contributed by atoms with Gasteiger partial charge in [-0.2, -0.15) is 0 Å². The molecule has 0 aromatic carbocycles. The van der Waals surface area contributed by atoms with Crippen molar-refractivity contribution in [3.05, 3.63) is 18.1 Å². The lowest BCUT2D eigenvalue weighted by Gasteiger charge is -2.36. The smallest absolute Gasteiger partial charge is 0.354 e. The molecular formula is C12H17N3O2. The molecule has 0 bridgehead atoms. The molecule has 92 valence electrons. The first kappa shape index (κ1) is 11.8. The highest BCUT2D eigenvalue weighted by molar-refractivity contribution is 5.86. The highest BCUT2D eigenvalue weighted by atomic mass is 16.4. The Hall–Kier alpha value is -1.65. The monoisotopic (exact) mass is 235 g/mol. The van der Waals surface area contributed by atoms with Gasteiger partial charge in [-0.1, -0.05) is 6.92 Å². The number of carboxylic acid groups (broad SMARTS) is 1. The Morgan fingerprint density at radius 2 is 2.35 bits per heavy atom. The predicted molar refractivity (Wildman–Crippen MR) is 64.3 cm³/mol. The molecule has 1 N–H and O–H groups in total. The van der Waals surface area contributed by atoms with E-state index in [4.69, 9.17) is 5.11 Å². The van der Waals surface area contributed by atoms with Crippen molar-refractivity contribution >= 4 is 11.8 Å². The van der Waals surface area contributed by atoms with Gasteiger partial charge < -0.3 is 10.0 Å². The van der Waals surface area contributed by atoms with E-state index in [2.05, 4.69) is 21.8 Å². The van der Waals surface area contributed by atoms with Crippen LogP contribution in [0, 0.1) is 0 Å². The van der Waals surface area contributed by atoms with Crippen molar-refractivity contribution < 1.29 is 9.90 Å². The third kappa shape index (κ3) is 2.54. The summed E-state index contributed by atoms with van der Waals surface area (Å²) < 4.78 is 0. The van der Waals surface area contributed by atoms with Gasteiger partial charge in [0.1, 0.15) is 12.1 Å². The van der Waals surface area contributed by atoms with Crippen LogP contribution < -0.4 is 4.90 Å². The van der Waals surface area contributed by atoms with E-state index in [1.807, 2.05) is 0 Å². The molecule has 1 fully saturated rings. The number of hydrogen-bond acceptors (Lipinski definition) is 4. The number of carboxylic acids is 1. The van der Waals surface area contributed by atoms with Crippen LogP contribution in [0.1, 0.15) is 43.1 Å². The summed E-state index contributed by atoms with van der Waals surface area (Å²) in [7, 11) is 0. The number of rotatable bonds is 3. The van der Waals surface area contributed by atoms with Gasteiger partial charge in [0.15, 0.2) is 5.69 Å². The summed E-state index contributed by atoms with van der Waals surface area (Å²) in [5.41, 5.74) is 0.0652. The van der Waals surface area contributed by atoms with Crippen molar-refractivity contribution in [2.45, 2.75) is 38.6 Å². The maximum absolute atomic E-state index is 10.9. The zero-order valence-corrected chi connectivity index (χ0v) is 9.96. The van der Waals surface area contributed by atoms with Gasteiger partial charge in [-0.05, 0) is 25.7 Å². The standard InChI is InChI=1S/C12H17N3O2/c1-2-9-5-3-4-6-15(9)11-7-10(12(16)17)13-8-14-11/h7-9H,2-6H2,1H3,(H,16,17)/t9-/m0/s1. The summed E-state index contributed by atoms with van der Waals surface area (Å²) in [6.45, 7) is 3.11. The van der Waals surface area contributed by atoms with E-state index in [0.717, 1.165) is 31.6 Å². The van der Waals surface area contributed by atoms with E-state index >= 15 is 0 Å².